The molecule has 1 heteroatoms. The predicted molar refractivity (Wildman–Crippen MR) is 43.6 cm³/mol. The molecule has 0 bridgehead atoms. The minimum absolute atomic E-state index is 0.0573. The van der Waals surface area contributed by atoms with E-state index >= 15 is 0 Å². The number of hydrogen-bond donors (Lipinski definition) is 1. The van der Waals surface area contributed by atoms with Crippen LogP contribution in [0.3, 0.4) is 0 Å². The van der Waals surface area contributed by atoms with Crippen LogP contribution in [-0.2, 0) is 0 Å². The molecule has 1 aliphatic rings. The van der Waals surface area contributed by atoms with Crippen LogP contribution in [-0.4, -0.2) is 4.75 Å². The Balaban J connectivity index is 2.49. The topological polar surface area (TPSA) is 0 Å². The standard InChI is InChI=1S/C8H12S/c1-2-8(9)6-4-3-5-7-8/h1,9H,3-7H2. The van der Waals surface area contributed by atoms with E-state index in [9.17, 15) is 0 Å². The third kappa shape index (κ3) is 1.66. The lowest BCUT2D eigenvalue weighted by molar-refractivity contribution is 0.465. The SMILES string of the molecule is C#CC1(S)CCCCC1. The van der Waals surface area contributed by atoms with Crippen molar-refractivity contribution in [2.75, 3.05) is 0 Å². The van der Waals surface area contributed by atoms with Crippen LogP contribution < -0.4 is 0 Å². The van der Waals surface area contributed by atoms with E-state index in [-0.39, 0.29) is 4.75 Å². The molecule has 0 unspecified atom stereocenters. The molecule has 0 aromatic carbocycles. The van der Waals surface area contributed by atoms with Crippen LogP contribution in [0.4, 0.5) is 0 Å². The monoisotopic (exact) mass is 140 g/mol. The summed E-state index contributed by atoms with van der Waals surface area (Å²) in [4.78, 5) is 0. The summed E-state index contributed by atoms with van der Waals surface area (Å²) in [5, 5.41) is 0. The third-order valence-electron chi connectivity index (χ3n) is 1.95. The van der Waals surface area contributed by atoms with Crippen LogP contribution in [0.1, 0.15) is 32.1 Å². The normalized spacial score (nSPS) is 24.9. The van der Waals surface area contributed by atoms with Crippen LogP contribution in [0.15, 0.2) is 0 Å². The van der Waals surface area contributed by atoms with Crippen molar-refractivity contribution < 1.29 is 0 Å². The molecule has 1 aliphatic carbocycles. The predicted octanol–water partition coefficient (Wildman–Crippen LogP) is 2.25. The molecule has 50 valence electrons. The molecule has 1 rings (SSSR count). The highest BCUT2D eigenvalue weighted by atomic mass is 32.1. The molecule has 0 aromatic heterocycles. The first-order valence-electron chi connectivity index (χ1n) is 3.47. The molecule has 0 atom stereocenters. The fraction of sp³-hybridized carbons (Fsp3) is 0.750. The Kier molecular flexibility index (Phi) is 2.08. The summed E-state index contributed by atoms with van der Waals surface area (Å²) in [6.07, 6.45) is 11.4. The van der Waals surface area contributed by atoms with E-state index in [0.717, 1.165) is 12.8 Å². The van der Waals surface area contributed by atoms with Gasteiger partial charge in [-0.25, -0.2) is 0 Å². The average molecular weight is 140 g/mol. The fourth-order valence-electron chi connectivity index (χ4n) is 1.28. The van der Waals surface area contributed by atoms with Crippen LogP contribution in [0.5, 0.6) is 0 Å². The molecule has 1 fully saturated rings. The molecule has 0 radical (unpaired) electrons. The molecule has 0 aliphatic heterocycles. The van der Waals surface area contributed by atoms with Gasteiger partial charge in [-0.05, 0) is 12.8 Å². The maximum Gasteiger partial charge on any atom is 0.0733 e. The molecule has 0 saturated heterocycles. The van der Waals surface area contributed by atoms with Crippen LogP contribution in [0.25, 0.3) is 0 Å². The van der Waals surface area contributed by atoms with Crippen molar-refractivity contribution in [1.29, 1.82) is 0 Å². The van der Waals surface area contributed by atoms with Crippen LogP contribution in [0.2, 0.25) is 0 Å². The van der Waals surface area contributed by atoms with Crippen molar-refractivity contribution in [2.24, 2.45) is 0 Å². The van der Waals surface area contributed by atoms with Crippen molar-refractivity contribution in [2.45, 2.75) is 36.9 Å². The second-order valence-electron chi connectivity index (χ2n) is 2.74. The van der Waals surface area contributed by atoms with Gasteiger partial charge in [0.2, 0.25) is 0 Å². The second kappa shape index (κ2) is 2.66. The minimum atomic E-state index is -0.0573. The van der Waals surface area contributed by atoms with Gasteiger partial charge in [-0.1, -0.05) is 25.2 Å². The Morgan fingerprint density at radius 3 is 2.11 bits per heavy atom. The van der Waals surface area contributed by atoms with Gasteiger partial charge in [0, 0.05) is 0 Å². The molecule has 0 amide bonds. The first-order chi connectivity index (χ1) is 4.27. The maximum absolute atomic E-state index is 5.31. The molecule has 0 spiro atoms. The molecule has 0 aromatic rings. The Hall–Kier alpha value is -0.0900. The zero-order chi connectivity index (χ0) is 6.74. The van der Waals surface area contributed by atoms with Crippen molar-refractivity contribution in [3.63, 3.8) is 0 Å². The van der Waals surface area contributed by atoms with Gasteiger partial charge in [0.15, 0.2) is 0 Å². The van der Waals surface area contributed by atoms with Crippen molar-refractivity contribution in [1.82, 2.24) is 0 Å². The first-order valence-corrected chi connectivity index (χ1v) is 3.92. The molecular formula is C8H12S. The minimum Gasteiger partial charge on any atom is -0.159 e. The summed E-state index contributed by atoms with van der Waals surface area (Å²) in [5.74, 6) is 2.74. The van der Waals surface area contributed by atoms with Gasteiger partial charge in [-0.15, -0.1) is 6.42 Å². The Morgan fingerprint density at radius 2 is 1.78 bits per heavy atom. The lowest BCUT2D eigenvalue weighted by Crippen LogP contribution is -2.21. The van der Waals surface area contributed by atoms with Crippen molar-refractivity contribution in [3.05, 3.63) is 0 Å². The molecule has 0 heterocycles. The van der Waals surface area contributed by atoms with Crippen LogP contribution >= 0.6 is 12.6 Å². The molecular weight excluding hydrogens is 128 g/mol. The maximum atomic E-state index is 5.31. The lowest BCUT2D eigenvalue weighted by atomic mass is 9.89. The summed E-state index contributed by atoms with van der Waals surface area (Å²) < 4.78 is -0.0573. The van der Waals surface area contributed by atoms with Gasteiger partial charge >= 0.3 is 0 Å². The van der Waals surface area contributed by atoms with E-state index in [1.165, 1.54) is 19.3 Å². The van der Waals surface area contributed by atoms with E-state index in [1.807, 2.05) is 0 Å². The molecule has 1 saturated carbocycles. The quantitative estimate of drug-likeness (QED) is 0.387. The van der Waals surface area contributed by atoms with E-state index in [4.69, 9.17) is 6.42 Å². The smallest absolute Gasteiger partial charge is 0.0733 e. The van der Waals surface area contributed by atoms with E-state index < -0.39 is 0 Å². The molecule has 0 nitrogen and oxygen atoms in total. The number of rotatable bonds is 0. The second-order valence-corrected chi connectivity index (χ2v) is 3.59. The van der Waals surface area contributed by atoms with Gasteiger partial charge < -0.3 is 0 Å². The van der Waals surface area contributed by atoms with E-state index in [1.54, 1.807) is 0 Å². The Labute approximate surface area is 62.4 Å². The third-order valence-corrected chi connectivity index (χ3v) is 2.53. The number of terminal acetylenes is 1. The highest BCUT2D eigenvalue weighted by Gasteiger charge is 2.24. The number of thiol groups is 1. The number of hydrogen-bond acceptors (Lipinski definition) is 1. The van der Waals surface area contributed by atoms with Gasteiger partial charge in [-0.2, -0.15) is 12.6 Å². The summed E-state index contributed by atoms with van der Waals surface area (Å²) in [5.41, 5.74) is 0. The highest BCUT2D eigenvalue weighted by molar-refractivity contribution is 7.82. The van der Waals surface area contributed by atoms with E-state index in [2.05, 4.69) is 18.5 Å². The summed E-state index contributed by atoms with van der Waals surface area (Å²) in [7, 11) is 0. The zero-order valence-corrected chi connectivity index (χ0v) is 6.45. The molecule has 0 N–H and O–H groups in total. The summed E-state index contributed by atoms with van der Waals surface area (Å²) >= 11 is 4.41. The molecule has 9 heavy (non-hydrogen) atoms. The Morgan fingerprint density at radius 1 is 1.22 bits per heavy atom. The van der Waals surface area contributed by atoms with Crippen LogP contribution in [0, 0.1) is 12.3 Å². The van der Waals surface area contributed by atoms with Gasteiger partial charge in [0.1, 0.15) is 0 Å². The largest absolute Gasteiger partial charge is 0.159 e. The summed E-state index contributed by atoms with van der Waals surface area (Å²) in [6.45, 7) is 0. The van der Waals surface area contributed by atoms with E-state index in [0.29, 0.717) is 0 Å². The summed E-state index contributed by atoms with van der Waals surface area (Å²) in [6, 6.07) is 0. The zero-order valence-electron chi connectivity index (χ0n) is 5.56. The van der Waals surface area contributed by atoms with Crippen molar-refractivity contribution in [3.8, 4) is 12.3 Å². The Bertz CT molecular complexity index is 126. The van der Waals surface area contributed by atoms with Gasteiger partial charge in [0.05, 0.1) is 4.75 Å². The van der Waals surface area contributed by atoms with Gasteiger partial charge in [0.25, 0.3) is 0 Å². The van der Waals surface area contributed by atoms with Gasteiger partial charge in [-0.3, -0.25) is 0 Å². The highest BCUT2D eigenvalue weighted by Crippen LogP contribution is 2.32. The van der Waals surface area contributed by atoms with Crippen molar-refractivity contribution >= 4 is 12.6 Å². The average Bonchev–Trinajstić information content (AvgIpc) is 1.90. The first kappa shape index (κ1) is 7.02. The lowest BCUT2D eigenvalue weighted by Gasteiger charge is -2.26. The fourth-order valence-corrected chi connectivity index (χ4v) is 1.60.